The third kappa shape index (κ3) is 2.91. The van der Waals surface area contributed by atoms with Gasteiger partial charge < -0.3 is 14.5 Å². The van der Waals surface area contributed by atoms with Crippen LogP contribution in [-0.2, 0) is 4.79 Å². The molecule has 130 valence electrons. The number of rotatable bonds is 2. The van der Waals surface area contributed by atoms with E-state index in [9.17, 15) is 4.79 Å². The van der Waals surface area contributed by atoms with E-state index in [1.165, 1.54) is 0 Å². The van der Waals surface area contributed by atoms with Crippen LogP contribution in [0, 0.1) is 0 Å². The van der Waals surface area contributed by atoms with Gasteiger partial charge in [0.25, 0.3) is 0 Å². The molecule has 0 aromatic heterocycles. The summed E-state index contributed by atoms with van der Waals surface area (Å²) in [7, 11) is 4.24. The zero-order valence-corrected chi connectivity index (χ0v) is 14.8. The van der Waals surface area contributed by atoms with Gasteiger partial charge in [-0.2, -0.15) is 0 Å². The summed E-state index contributed by atoms with van der Waals surface area (Å²) in [6, 6.07) is 16.4. The van der Waals surface area contributed by atoms with E-state index in [-0.39, 0.29) is 11.8 Å². The summed E-state index contributed by atoms with van der Waals surface area (Å²) in [5.41, 5.74) is 1.95. The first-order chi connectivity index (χ1) is 12.1. The van der Waals surface area contributed by atoms with Crippen molar-refractivity contribution in [1.29, 1.82) is 0 Å². The number of amides is 1. The molecule has 0 N–H and O–H groups in total. The van der Waals surface area contributed by atoms with Gasteiger partial charge >= 0.3 is 0 Å². The van der Waals surface area contributed by atoms with Crippen molar-refractivity contribution < 1.29 is 9.53 Å². The van der Waals surface area contributed by atoms with Crippen molar-refractivity contribution in [2.75, 3.05) is 27.2 Å². The van der Waals surface area contributed by atoms with Crippen LogP contribution in [0.3, 0.4) is 0 Å². The lowest BCUT2D eigenvalue weighted by Crippen LogP contribution is -2.46. The summed E-state index contributed by atoms with van der Waals surface area (Å²) in [5, 5.41) is 0. The Balaban J connectivity index is 1.65. The highest BCUT2D eigenvalue weighted by Gasteiger charge is 2.36. The number of hydrogen-bond donors (Lipinski definition) is 0. The van der Waals surface area contributed by atoms with Crippen LogP contribution < -0.4 is 4.74 Å². The van der Waals surface area contributed by atoms with Gasteiger partial charge in [-0.25, -0.2) is 0 Å². The normalized spacial score (nSPS) is 17.8. The Morgan fingerprint density at radius 2 is 1.48 bits per heavy atom. The summed E-state index contributed by atoms with van der Waals surface area (Å²) < 4.78 is 6.02. The number of ether oxygens (including phenoxy) is 1. The molecular formula is C21H24N2O2. The van der Waals surface area contributed by atoms with Crippen molar-refractivity contribution in [1.82, 2.24) is 9.80 Å². The Kier molecular flexibility index (Phi) is 4.22. The van der Waals surface area contributed by atoms with Gasteiger partial charge in [-0.15, -0.1) is 0 Å². The van der Waals surface area contributed by atoms with Crippen LogP contribution in [0.2, 0.25) is 0 Å². The van der Waals surface area contributed by atoms with Crippen molar-refractivity contribution in [3.8, 4) is 11.5 Å². The lowest BCUT2D eigenvalue weighted by Gasteiger charge is -2.38. The van der Waals surface area contributed by atoms with E-state index in [4.69, 9.17) is 4.74 Å². The highest BCUT2D eigenvalue weighted by Crippen LogP contribution is 2.44. The Morgan fingerprint density at radius 1 is 0.960 bits per heavy atom. The van der Waals surface area contributed by atoms with E-state index in [1.807, 2.05) is 53.4 Å². The molecule has 4 nitrogen and oxygen atoms in total. The molecule has 25 heavy (non-hydrogen) atoms. The first-order valence-electron chi connectivity index (χ1n) is 8.96. The van der Waals surface area contributed by atoms with Gasteiger partial charge in [-0.05, 0) is 39.1 Å². The number of likely N-dealkylation sites (tertiary alicyclic amines) is 1. The van der Waals surface area contributed by atoms with E-state index in [0.29, 0.717) is 6.04 Å². The lowest BCUT2D eigenvalue weighted by molar-refractivity contribution is -0.133. The van der Waals surface area contributed by atoms with Gasteiger partial charge in [-0.1, -0.05) is 36.4 Å². The van der Waals surface area contributed by atoms with E-state index in [1.54, 1.807) is 0 Å². The minimum atomic E-state index is -0.267. The van der Waals surface area contributed by atoms with E-state index in [2.05, 4.69) is 19.0 Å². The average molecular weight is 336 g/mol. The van der Waals surface area contributed by atoms with Crippen LogP contribution in [-0.4, -0.2) is 48.9 Å². The van der Waals surface area contributed by atoms with Crippen LogP contribution in [0.1, 0.15) is 29.9 Å². The fourth-order valence-corrected chi connectivity index (χ4v) is 3.96. The van der Waals surface area contributed by atoms with Crippen molar-refractivity contribution in [2.45, 2.75) is 24.8 Å². The van der Waals surface area contributed by atoms with E-state index < -0.39 is 0 Å². The second-order valence-corrected chi connectivity index (χ2v) is 7.13. The van der Waals surface area contributed by atoms with Gasteiger partial charge in [0.15, 0.2) is 0 Å². The molecule has 0 unspecified atom stereocenters. The molecule has 0 spiro atoms. The maximum absolute atomic E-state index is 13.4. The van der Waals surface area contributed by atoms with Crippen LogP contribution >= 0.6 is 0 Å². The Bertz CT molecular complexity index is 733. The number of carbonyl (C=O) groups is 1. The zero-order chi connectivity index (χ0) is 17.4. The monoisotopic (exact) mass is 336 g/mol. The number of para-hydroxylation sites is 2. The highest BCUT2D eigenvalue weighted by atomic mass is 16.5. The molecule has 1 fully saturated rings. The summed E-state index contributed by atoms with van der Waals surface area (Å²) in [6.45, 7) is 1.65. The Labute approximate surface area is 149 Å². The van der Waals surface area contributed by atoms with Gasteiger partial charge in [0.1, 0.15) is 11.5 Å². The van der Waals surface area contributed by atoms with Gasteiger partial charge in [0, 0.05) is 30.3 Å². The molecule has 2 aliphatic rings. The number of carbonyl (C=O) groups excluding carboxylic acids is 1. The van der Waals surface area contributed by atoms with Crippen molar-refractivity contribution in [2.24, 2.45) is 0 Å². The third-order valence-corrected chi connectivity index (χ3v) is 5.43. The maximum Gasteiger partial charge on any atom is 0.234 e. The summed E-state index contributed by atoms with van der Waals surface area (Å²) in [4.78, 5) is 17.7. The Morgan fingerprint density at radius 3 is 2.00 bits per heavy atom. The molecule has 2 aromatic carbocycles. The number of fused-ring (bicyclic) bond motifs is 2. The smallest absolute Gasteiger partial charge is 0.234 e. The lowest BCUT2D eigenvalue weighted by atomic mass is 9.86. The predicted molar refractivity (Wildman–Crippen MR) is 98.1 cm³/mol. The molecule has 2 heterocycles. The van der Waals surface area contributed by atoms with Crippen LogP contribution in [0.5, 0.6) is 11.5 Å². The zero-order valence-electron chi connectivity index (χ0n) is 14.8. The topological polar surface area (TPSA) is 32.8 Å². The molecule has 0 aliphatic carbocycles. The van der Waals surface area contributed by atoms with Crippen molar-refractivity contribution in [3.63, 3.8) is 0 Å². The number of nitrogens with zero attached hydrogens (tertiary/aromatic N) is 2. The van der Waals surface area contributed by atoms with E-state index >= 15 is 0 Å². The number of hydrogen-bond acceptors (Lipinski definition) is 3. The molecule has 0 saturated carbocycles. The fraction of sp³-hybridized carbons (Fsp3) is 0.381. The molecule has 0 radical (unpaired) electrons. The second kappa shape index (κ2) is 6.52. The molecule has 4 rings (SSSR count). The molecule has 2 aromatic rings. The third-order valence-electron chi connectivity index (χ3n) is 5.43. The number of piperidine rings is 1. The van der Waals surface area contributed by atoms with Crippen molar-refractivity contribution >= 4 is 5.91 Å². The van der Waals surface area contributed by atoms with Crippen molar-refractivity contribution in [3.05, 3.63) is 59.7 Å². The number of benzene rings is 2. The summed E-state index contributed by atoms with van der Waals surface area (Å²) >= 11 is 0. The molecule has 0 bridgehead atoms. The van der Waals surface area contributed by atoms with Gasteiger partial charge in [-0.3, -0.25) is 4.79 Å². The van der Waals surface area contributed by atoms with Crippen LogP contribution in [0.4, 0.5) is 0 Å². The van der Waals surface area contributed by atoms with Crippen LogP contribution in [0.15, 0.2) is 48.5 Å². The molecular weight excluding hydrogens is 312 g/mol. The van der Waals surface area contributed by atoms with Gasteiger partial charge in [0.2, 0.25) is 5.91 Å². The predicted octanol–water partition coefficient (Wildman–Crippen LogP) is 3.48. The largest absolute Gasteiger partial charge is 0.457 e. The molecule has 1 saturated heterocycles. The Hall–Kier alpha value is -2.33. The maximum atomic E-state index is 13.4. The summed E-state index contributed by atoms with van der Waals surface area (Å²) in [5.74, 6) is 1.52. The molecule has 0 atom stereocenters. The molecule has 1 amide bonds. The fourth-order valence-electron chi connectivity index (χ4n) is 3.96. The van der Waals surface area contributed by atoms with E-state index in [0.717, 1.165) is 48.6 Å². The first-order valence-corrected chi connectivity index (χ1v) is 8.96. The van der Waals surface area contributed by atoms with Crippen LogP contribution in [0.25, 0.3) is 0 Å². The standard InChI is InChI=1S/C21H24N2O2/c1-22(2)15-11-13-23(14-12-15)21(24)20-16-7-3-5-9-18(16)25-19-10-6-4-8-17(19)20/h3-10,15,20H,11-14H2,1-2H3. The SMILES string of the molecule is CN(C)C1CCN(C(=O)C2c3ccccc3Oc3ccccc32)CC1. The minimum absolute atomic E-state index is 0.195. The second-order valence-electron chi connectivity index (χ2n) is 7.13. The highest BCUT2D eigenvalue weighted by molar-refractivity contribution is 5.89. The average Bonchev–Trinajstić information content (AvgIpc) is 2.65. The summed E-state index contributed by atoms with van der Waals surface area (Å²) in [6.07, 6.45) is 2.07. The van der Waals surface area contributed by atoms with Gasteiger partial charge in [0.05, 0.1) is 5.92 Å². The molecule has 2 aliphatic heterocycles. The first kappa shape index (κ1) is 16.2. The quantitative estimate of drug-likeness (QED) is 0.842. The molecule has 4 heteroatoms. The minimum Gasteiger partial charge on any atom is -0.457 e.